The van der Waals surface area contributed by atoms with Gasteiger partial charge < -0.3 is 19.9 Å². The number of hydrogen-bond acceptors (Lipinski definition) is 8. The number of benzene rings is 1. The number of aryl methyl sites for hydroxylation is 1. The topological polar surface area (TPSA) is 115 Å². The summed E-state index contributed by atoms with van der Waals surface area (Å²) < 4.78 is 7.23. The minimum absolute atomic E-state index is 0.0690. The second kappa shape index (κ2) is 13.3. The zero-order chi connectivity index (χ0) is 27.9. The predicted molar refractivity (Wildman–Crippen MR) is 153 cm³/mol. The van der Waals surface area contributed by atoms with Crippen LogP contribution in [-0.2, 0) is 28.9 Å². The van der Waals surface area contributed by atoms with Crippen LogP contribution in [0.25, 0.3) is 0 Å². The summed E-state index contributed by atoms with van der Waals surface area (Å²) >= 11 is 2.75. The number of anilines is 1. The third-order valence-corrected chi connectivity index (χ3v) is 8.74. The summed E-state index contributed by atoms with van der Waals surface area (Å²) in [6.45, 7) is 8.67. The molecule has 39 heavy (non-hydrogen) atoms. The highest BCUT2D eigenvalue weighted by Gasteiger charge is 2.28. The van der Waals surface area contributed by atoms with Crippen LogP contribution in [0, 0.1) is 5.92 Å². The average Bonchev–Trinajstić information content (AvgIpc) is 3.51. The van der Waals surface area contributed by atoms with Gasteiger partial charge >= 0.3 is 5.97 Å². The Kier molecular flexibility index (Phi) is 9.79. The van der Waals surface area contributed by atoms with E-state index >= 15 is 0 Å². The van der Waals surface area contributed by atoms with Crippen molar-refractivity contribution in [1.29, 1.82) is 0 Å². The number of aromatic nitrogens is 3. The molecule has 208 valence electrons. The van der Waals surface area contributed by atoms with E-state index < -0.39 is 0 Å². The molecule has 0 saturated heterocycles. The van der Waals surface area contributed by atoms with E-state index in [1.807, 2.05) is 43.5 Å². The normalized spacial score (nSPS) is 13.6. The van der Waals surface area contributed by atoms with E-state index in [0.717, 1.165) is 36.1 Å². The molecule has 1 atom stereocenters. The second-order valence-corrected chi connectivity index (χ2v) is 11.7. The Hall–Kier alpha value is -3.18. The number of hydrogen-bond donors (Lipinski definition) is 2. The number of nitrogens with one attached hydrogen (secondary N) is 2. The van der Waals surface area contributed by atoms with Gasteiger partial charge in [0.15, 0.2) is 11.0 Å². The summed E-state index contributed by atoms with van der Waals surface area (Å²) in [5.41, 5.74) is 2.09. The zero-order valence-corrected chi connectivity index (χ0v) is 24.4. The van der Waals surface area contributed by atoms with Gasteiger partial charge in [-0.25, -0.2) is 4.79 Å². The van der Waals surface area contributed by atoms with Crippen molar-refractivity contribution in [1.82, 2.24) is 20.1 Å². The van der Waals surface area contributed by atoms with Crippen LogP contribution in [0.4, 0.5) is 5.00 Å². The van der Waals surface area contributed by atoms with Gasteiger partial charge in [0.05, 0.1) is 24.0 Å². The Bertz CT molecular complexity index is 1320. The smallest absolute Gasteiger partial charge is 0.341 e. The minimum Gasteiger partial charge on any atom is -0.462 e. The molecule has 1 aliphatic carbocycles. The standard InChI is InChI=1S/C28H35N5O4S2/c1-5-33-24(23(17(3)4)30-25(35)18-12-8-7-9-13-18)31-32-28(33)38-16-21(34)29-26-22(27(36)37-6-2)19-14-10-11-15-20(19)39-26/h7-9,12-13,17,23H,5-6,10-11,14-16H2,1-4H3,(H,29,34)(H,30,35)/t23-/m0/s1. The van der Waals surface area contributed by atoms with Crippen molar-refractivity contribution in [3.05, 3.63) is 57.7 Å². The van der Waals surface area contributed by atoms with Crippen LogP contribution in [0.15, 0.2) is 35.5 Å². The number of esters is 1. The largest absolute Gasteiger partial charge is 0.462 e. The predicted octanol–water partition coefficient (Wildman–Crippen LogP) is 5.27. The number of carbonyl (C=O) groups is 3. The van der Waals surface area contributed by atoms with Crippen molar-refractivity contribution in [3.63, 3.8) is 0 Å². The maximum Gasteiger partial charge on any atom is 0.341 e. The summed E-state index contributed by atoms with van der Waals surface area (Å²) in [4.78, 5) is 39.7. The summed E-state index contributed by atoms with van der Waals surface area (Å²) in [7, 11) is 0. The lowest BCUT2D eigenvalue weighted by Crippen LogP contribution is -2.33. The maximum atomic E-state index is 13.0. The highest BCUT2D eigenvalue weighted by atomic mass is 32.2. The van der Waals surface area contributed by atoms with Gasteiger partial charge in [0, 0.05) is 17.0 Å². The first kappa shape index (κ1) is 28.8. The van der Waals surface area contributed by atoms with Crippen molar-refractivity contribution in [2.45, 2.75) is 71.1 Å². The maximum absolute atomic E-state index is 13.0. The highest BCUT2D eigenvalue weighted by Crippen LogP contribution is 2.38. The van der Waals surface area contributed by atoms with Crippen molar-refractivity contribution in [2.24, 2.45) is 5.92 Å². The fraction of sp³-hybridized carbons (Fsp3) is 0.464. The van der Waals surface area contributed by atoms with Gasteiger partial charge in [-0.1, -0.05) is 43.8 Å². The number of carbonyl (C=O) groups excluding carboxylic acids is 3. The lowest BCUT2D eigenvalue weighted by molar-refractivity contribution is -0.113. The van der Waals surface area contributed by atoms with Crippen LogP contribution in [-0.4, -0.2) is 44.9 Å². The Morgan fingerprint density at radius 2 is 1.85 bits per heavy atom. The summed E-state index contributed by atoms with van der Waals surface area (Å²) in [5.74, 6) is 0.0343. The van der Waals surface area contributed by atoms with Crippen LogP contribution in [0.1, 0.15) is 83.6 Å². The molecule has 9 nitrogen and oxygen atoms in total. The summed E-state index contributed by atoms with van der Waals surface area (Å²) in [6, 6.07) is 8.72. The number of ether oxygens (including phenoxy) is 1. The molecule has 0 fully saturated rings. The first-order chi connectivity index (χ1) is 18.8. The van der Waals surface area contributed by atoms with Gasteiger partial charge in [-0.15, -0.1) is 21.5 Å². The van der Waals surface area contributed by atoms with E-state index in [0.29, 0.717) is 33.7 Å². The SMILES string of the molecule is CCOC(=O)c1c(NC(=O)CSc2nnc([C@@H](NC(=O)c3ccccc3)C(C)C)n2CC)sc2c1CCCC2. The quantitative estimate of drug-likeness (QED) is 0.239. The molecule has 2 N–H and O–H groups in total. The number of amides is 2. The van der Waals surface area contributed by atoms with Crippen LogP contribution < -0.4 is 10.6 Å². The molecule has 1 aliphatic rings. The van der Waals surface area contributed by atoms with Gasteiger partial charge in [-0.05, 0) is 63.1 Å². The number of nitrogens with zero attached hydrogens (tertiary/aromatic N) is 3. The van der Waals surface area contributed by atoms with Gasteiger partial charge in [0.2, 0.25) is 5.91 Å². The van der Waals surface area contributed by atoms with Gasteiger partial charge in [-0.2, -0.15) is 0 Å². The second-order valence-electron chi connectivity index (χ2n) is 9.62. The third-order valence-electron chi connectivity index (χ3n) is 6.57. The molecule has 0 unspecified atom stereocenters. The Balaban J connectivity index is 1.47. The molecule has 3 aromatic rings. The fourth-order valence-electron chi connectivity index (χ4n) is 4.64. The number of thioether (sulfide) groups is 1. The van der Waals surface area contributed by atoms with Gasteiger partial charge in [0.25, 0.3) is 5.91 Å². The lowest BCUT2D eigenvalue weighted by Gasteiger charge is -2.22. The molecule has 2 aromatic heterocycles. The monoisotopic (exact) mass is 569 g/mol. The minimum atomic E-state index is -0.382. The molecule has 0 bridgehead atoms. The molecule has 0 saturated carbocycles. The van der Waals surface area contributed by atoms with Crippen LogP contribution in [0.2, 0.25) is 0 Å². The van der Waals surface area contributed by atoms with E-state index in [9.17, 15) is 14.4 Å². The molecule has 0 radical (unpaired) electrons. The van der Waals surface area contributed by atoms with Crippen molar-refractivity contribution in [3.8, 4) is 0 Å². The third kappa shape index (κ3) is 6.70. The van der Waals surface area contributed by atoms with Gasteiger partial charge in [0.1, 0.15) is 5.00 Å². The molecule has 2 heterocycles. The fourth-order valence-corrected chi connectivity index (χ4v) is 6.75. The molecular formula is C28H35N5O4S2. The number of rotatable bonds is 11. The number of fused-ring (bicyclic) bond motifs is 1. The van der Waals surface area contributed by atoms with Crippen molar-refractivity contribution >= 4 is 45.9 Å². The number of thiophene rings is 1. The van der Waals surface area contributed by atoms with E-state index in [1.54, 1.807) is 19.1 Å². The molecule has 1 aromatic carbocycles. The molecule has 11 heteroatoms. The van der Waals surface area contributed by atoms with E-state index in [4.69, 9.17) is 4.74 Å². The Morgan fingerprint density at radius 3 is 2.54 bits per heavy atom. The summed E-state index contributed by atoms with van der Waals surface area (Å²) in [6.07, 6.45) is 3.84. The summed E-state index contributed by atoms with van der Waals surface area (Å²) in [5, 5.41) is 16.0. The van der Waals surface area contributed by atoms with E-state index in [-0.39, 0.29) is 42.1 Å². The van der Waals surface area contributed by atoms with Gasteiger partial charge in [-0.3, -0.25) is 9.59 Å². The Labute approximate surface area is 237 Å². The zero-order valence-electron chi connectivity index (χ0n) is 22.8. The Morgan fingerprint density at radius 1 is 1.10 bits per heavy atom. The average molecular weight is 570 g/mol. The van der Waals surface area contributed by atoms with Crippen molar-refractivity contribution in [2.75, 3.05) is 17.7 Å². The molecule has 0 spiro atoms. The first-order valence-electron chi connectivity index (χ1n) is 13.4. The molecular weight excluding hydrogens is 534 g/mol. The molecule has 4 rings (SSSR count). The first-order valence-corrected chi connectivity index (χ1v) is 15.2. The van der Waals surface area contributed by atoms with Crippen molar-refractivity contribution < 1.29 is 19.1 Å². The van der Waals surface area contributed by atoms with Crippen LogP contribution in [0.3, 0.4) is 0 Å². The highest BCUT2D eigenvalue weighted by molar-refractivity contribution is 7.99. The van der Waals surface area contributed by atoms with E-state index in [2.05, 4.69) is 20.8 Å². The van der Waals surface area contributed by atoms with E-state index in [1.165, 1.54) is 23.1 Å². The van der Waals surface area contributed by atoms with Crippen LogP contribution in [0.5, 0.6) is 0 Å². The molecule has 2 amide bonds. The lowest BCUT2D eigenvalue weighted by atomic mass is 9.95. The van der Waals surface area contributed by atoms with Crippen LogP contribution >= 0.6 is 23.1 Å². The molecule has 0 aliphatic heterocycles.